The molecule has 1 saturated heterocycles. The number of piperazine rings is 1. The first-order chi connectivity index (χ1) is 9.33. The topological polar surface area (TPSA) is 52.7 Å². The van der Waals surface area contributed by atoms with E-state index in [-0.39, 0.29) is 5.75 Å². The summed E-state index contributed by atoms with van der Waals surface area (Å²) in [6.07, 6.45) is 1.66. The van der Waals surface area contributed by atoms with Crippen molar-refractivity contribution in [2.45, 2.75) is 52.6 Å². The van der Waals surface area contributed by atoms with Crippen LogP contribution in [0.2, 0.25) is 0 Å². The van der Waals surface area contributed by atoms with Crippen LogP contribution in [-0.2, 0) is 10.0 Å². The van der Waals surface area contributed by atoms with E-state index in [1.165, 1.54) is 0 Å². The standard InChI is InChI=1S/C14H31N3O2S/c1-13(2)15-7-5-6-12-20(18,19)17-10-8-16(9-11-17)14(3)4/h13-15H,5-12H2,1-4H3. The summed E-state index contributed by atoms with van der Waals surface area (Å²) in [6.45, 7) is 12.4. The molecule has 0 atom stereocenters. The van der Waals surface area contributed by atoms with Crippen LogP contribution in [0.15, 0.2) is 0 Å². The first-order valence-corrected chi connectivity index (χ1v) is 9.39. The van der Waals surface area contributed by atoms with Crippen molar-refractivity contribution in [3.8, 4) is 0 Å². The molecule has 1 heterocycles. The molecule has 0 aromatic heterocycles. The van der Waals surface area contributed by atoms with E-state index >= 15 is 0 Å². The van der Waals surface area contributed by atoms with Crippen molar-refractivity contribution in [1.82, 2.24) is 14.5 Å². The van der Waals surface area contributed by atoms with Crippen LogP contribution < -0.4 is 5.32 Å². The van der Waals surface area contributed by atoms with Crippen LogP contribution in [0.4, 0.5) is 0 Å². The van der Waals surface area contributed by atoms with Gasteiger partial charge in [-0.25, -0.2) is 8.42 Å². The van der Waals surface area contributed by atoms with Crippen molar-refractivity contribution in [2.75, 3.05) is 38.5 Å². The van der Waals surface area contributed by atoms with Crippen LogP contribution in [0.1, 0.15) is 40.5 Å². The van der Waals surface area contributed by atoms with Crippen molar-refractivity contribution in [3.05, 3.63) is 0 Å². The molecular weight excluding hydrogens is 274 g/mol. The van der Waals surface area contributed by atoms with Gasteiger partial charge < -0.3 is 5.32 Å². The van der Waals surface area contributed by atoms with Gasteiger partial charge >= 0.3 is 0 Å². The maximum atomic E-state index is 12.2. The highest BCUT2D eigenvalue weighted by atomic mass is 32.2. The van der Waals surface area contributed by atoms with Gasteiger partial charge in [0.1, 0.15) is 0 Å². The zero-order valence-electron chi connectivity index (χ0n) is 13.4. The Hall–Kier alpha value is -0.170. The SMILES string of the molecule is CC(C)NCCCCS(=O)(=O)N1CCN(C(C)C)CC1. The molecule has 0 amide bonds. The number of sulfonamides is 1. The van der Waals surface area contributed by atoms with E-state index in [0.29, 0.717) is 25.2 Å². The predicted octanol–water partition coefficient (Wildman–Crippen LogP) is 1.12. The normalized spacial score (nSPS) is 19.1. The molecule has 0 unspecified atom stereocenters. The first-order valence-electron chi connectivity index (χ1n) is 7.78. The van der Waals surface area contributed by atoms with E-state index in [1.54, 1.807) is 4.31 Å². The fourth-order valence-corrected chi connectivity index (χ4v) is 3.97. The van der Waals surface area contributed by atoms with Gasteiger partial charge in [0.05, 0.1) is 5.75 Å². The molecule has 0 radical (unpaired) electrons. The average molecular weight is 305 g/mol. The van der Waals surface area contributed by atoms with E-state index in [0.717, 1.165) is 32.5 Å². The zero-order chi connectivity index (χ0) is 15.2. The van der Waals surface area contributed by atoms with E-state index < -0.39 is 10.0 Å². The lowest BCUT2D eigenvalue weighted by Gasteiger charge is -2.36. The fraction of sp³-hybridized carbons (Fsp3) is 1.00. The summed E-state index contributed by atoms with van der Waals surface area (Å²) in [5.41, 5.74) is 0. The third-order valence-corrected chi connectivity index (χ3v) is 5.74. The second-order valence-electron chi connectivity index (χ2n) is 6.16. The summed E-state index contributed by atoms with van der Waals surface area (Å²) < 4.78 is 26.2. The molecule has 0 aromatic carbocycles. The Labute approximate surface area is 124 Å². The van der Waals surface area contributed by atoms with Gasteiger partial charge in [-0.15, -0.1) is 0 Å². The van der Waals surface area contributed by atoms with E-state index in [4.69, 9.17) is 0 Å². The quantitative estimate of drug-likeness (QED) is 0.683. The molecule has 5 nitrogen and oxygen atoms in total. The molecule has 6 heteroatoms. The first kappa shape index (κ1) is 17.9. The van der Waals surface area contributed by atoms with Gasteiger partial charge in [-0.05, 0) is 33.2 Å². The summed E-state index contributed by atoms with van der Waals surface area (Å²) >= 11 is 0. The number of nitrogens with one attached hydrogen (secondary N) is 1. The average Bonchev–Trinajstić information content (AvgIpc) is 2.38. The van der Waals surface area contributed by atoms with Crippen LogP contribution >= 0.6 is 0 Å². The molecule has 0 aromatic rings. The van der Waals surface area contributed by atoms with Crippen LogP contribution in [0.25, 0.3) is 0 Å². The maximum absolute atomic E-state index is 12.2. The highest BCUT2D eigenvalue weighted by Crippen LogP contribution is 2.11. The Morgan fingerprint density at radius 3 is 2.10 bits per heavy atom. The van der Waals surface area contributed by atoms with E-state index in [1.807, 2.05) is 0 Å². The largest absolute Gasteiger partial charge is 0.315 e. The minimum Gasteiger partial charge on any atom is -0.315 e. The Balaban J connectivity index is 2.28. The summed E-state index contributed by atoms with van der Waals surface area (Å²) in [7, 11) is -3.05. The monoisotopic (exact) mass is 305 g/mol. The van der Waals surface area contributed by atoms with Gasteiger partial charge in [0.25, 0.3) is 0 Å². The summed E-state index contributed by atoms with van der Waals surface area (Å²) in [5.74, 6) is 0.286. The predicted molar refractivity (Wildman–Crippen MR) is 84.4 cm³/mol. The van der Waals surface area contributed by atoms with Crippen LogP contribution in [0.5, 0.6) is 0 Å². The molecule has 0 bridgehead atoms. The van der Waals surface area contributed by atoms with Gasteiger partial charge in [-0.3, -0.25) is 4.90 Å². The summed E-state index contributed by atoms with van der Waals surface area (Å²) in [4.78, 5) is 2.33. The lowest BCUT2D eigenvalue weighted by atomic mass is 10.3. The second-order valence-corrected chi connectivity index (χ2v) is 8.25. The van der Waals surface area contributed by atoms with Gasteiger partial charge in [0.15, 0.2) is 0 Å². The Morgan fingerprint density at radius 2 is 1.60 bits per heavy atom. The van der Waals surface area contributed by atoms with Crippen LogP contribution in [0.3, 0.4) is 0 Å². The lowest BCUT2D eigenvalue weighted by Crippen LogP contribution is -2.51. The Kier molecular flexibility index (Phi) is 7.43. The molecule has 120 valence electrons. The van der Waals surface area contributed by atoms with Gasteiger partial charge in [0.2, 0.25) is 10.0 Å². The Bertz CT molecular complexity index is 361. The molecule has 1 aliphatic heterocycles. The van der Waals surface area contributed by atoms with E-state index in [9.17, 15) is 8.42 Å². The minimum absolute atomic E-state index is 0.286. The molecule has 1 aliphatic rings. The molecule has 1 fully saturated rings. The van der Waals surface area contributed by atoms with Crippen LogP contribution in [0, 0.1) is 0 Å². The molecule has 20 heavy (non-hydrogen) atoms. The second kappa shape index (κ2) is 8.32. The highest BCUT2D eigenvalue weighted by Gasteiger charge is 2.27. The zero-order valence-corrected chi connectivity index (χ0v) is 14.2. The summed E-state index contributed by atoms with van der Waals surface area (Å²) in [5, 5.41) is 3.31. The molecule has 0 aliphatic carbocycles. The van der Waals surface area contributed by atoms with Gasteiger partial charge in [-0.1, -0.05) is 13.8 Å². The van der Waals surface area contributed by atoms with Gasteiger partial charge in [-0.2, -0.15) is 4.31 Å². The summed E-state index contributed by atoms with van der Waals surface area (Å²) in [6, 6.07) is 0.970. The van der Waals surface area contributed by atoms with Crippen molar-refractivity contribution < 1.29 is 8.42 Å². The van der Waals surface area contributed by atoms with Crippen LogP contribution in [-0.4, -0.2) is 68.2 Å². The van der Waals surface area contributed by atoms with Crippen molar-refractivity contribution in [2.24, 2.45) is 0 Å². The number of nitrogens with zero attached hydrogens (tertiary/aromatic N) is 2. The molecule has 1 rings (SSSR count). The number of rotatable bonds is 8. The molecule has 1 N–H and O–H groups in total. The fourth-order valence-electron chi connectivity index (χ4n) is 2.43. The molecular formula is C14H31N3O2S. The number of unbranched alkanes of at least 4 members (excludes halogenated alkanes) is 1. The Morgan fingerprint density at radius 1 is 1.00 bits per heavy atom. The maximum Gasteiger partial charge on any atom is 0.214 e. The lowest BCUT2D eigenvalue weighted by molar-refractivity contribution is 0.154. The van der Waals surface area contributed by atoms with Crippen molar-refractivity contribution in [3.63, 3.8) is 0 Å². The molecule has 0 spiro atoms. The number of hydrogen-bond donors (Lipinski definition) is 1. The van der Waals surface area contributed by atoms with Crippen molar-refractivity contribution >= 4 is 10.0 Å². The molecule has 0 saturated carbocycles. The smallest absolute Gasteiger partial charge is 0.214 e. The number of hydrogen-bond acceptors (Lipinski definition) is 4. The minimum atomic E-state index is -3.05. The van der Waals surface area contributed by atoms with E-state index in [2.05, 4.69) is 37.9 Å². The third kappa shape index (κ3) is 6.08. The van der Waals surface area contributed by atoms with Gasteiger partial charge in [0, 0.05) is 38.3 Å². The third-order valence-electron chi connectivity index (χ3n) is 3.78. The highest BCUT2D eigenvalue weighted by molar-refractivity contribution is 7.89. The van der Waals surface area contributed by atoms with Crippen molar-refractivity contribution in [1.29, 1.82) is 0 Å².